The Morgan fingerprint density at radius 3 is 2.35 bits per heavy atom. The Kier molecular flexibility index (Phi) is 2.78. The average molecular weight is 267 g/mol. The van der Waals surface area contributed by atoms with Crippen LogP contribution in [0.15, 0.2) is 12.1 Å². The van der Waals surface area contributed by atoms with Crippen molar-refractivity contribution in [1.29, 1.82) is 0 Å². The van der Waals surface area contributed by atoms with Crippen LogP contribution in [-0.2, 0) is 11.8 Å². The second-order valence-electron chi connectivity index (χ2n) is 4.06. The number of ether oxygens (including phenoxy) is 1. The minimum atomic E-state index is -4.56. The fourth-order valence-electron chi connectivity index (χ4n) is 1.76. The Balaban J connectivity index is 2.64. The van der Waals surface area contributed by atoms with Crippen LogP contribution in [0.5, 0.6) is 5.75 Å². The first-order valence-electron chi connectivity index (χ1n) is 4.95. The summed E-state index contributed by atoms with van der Waals surface area (Å²) in [5.41, 5.74) is -2.07. The van der Waals surface area contributed by atoms with Crippen molar-refractivity contribution >= 4 is 11.6 Å². The molecule has 1 fully saturated rings. The molecule has 0 saturated heterocycles. The molecule has 2 rings (SSSR count). The Hall–Kier alpha value is -0.940. The summed E-state index contributed by atoms with van der Waals surface area (Å²) in [6.45, 7) is 0. The van der Waals surface area contributed by atoms with Crippen LogP contribution in [0.3, 0.4) is 0 Å². The van der Waals surface area contributed by atoms with Crippen LogP contribution in [0.1, 0.15) is 24.0 Å². The van der Waals surface area contributed by atoms with Crippen LogP contribution in [0.25, 0.3) is 0 Å². The van der Waals surface area contributed by atoms with Gasteiger partial charge >= 0.3 is 6.18 Å². The van der Waals surface area contributed by atoms with E-state index < -0.39 is 17.3 Å². The highest BCUT2D eigenvalue weighted by molar-refractivity contribution is 6.30. The zero-order valence-corrected chi connectivity index (χ0v) is 9.69. The van der Waals surface area contributed by atoms with Gasteiger partial charge in [-0.05, 0) is 25.0 Å². The molecule has 1 aliphatic carbocycles. The maximum absolute atomic E-state index is 12.8. The lowest BCUT2D eigenvalue weighted by atomic mass is 10.0. The zero-order chi connectivity index (χ0) is 12.8. The van der Waals surface area contributed by atoms with Gasteiger partial charge in [0, 0.05) is 10.6 Å². The number of aliphatic hydroxyl groups is 1. The summed E-state index contributed by atoms with van der Waals surface area (Å²) in [4.78, 5) is 0. The van der Waals surface area contributed by atoms with E-state index in [1.54, 1.807) is 0 Å². The maximum atomic E-state index is 12.8. The smallest absolute Gasteiger partial charge is 0.420 e. The molecule has 1 aromatic carbocycles. The highest BCUT2D eigenvalue weighted by Crippen LogP contribution is 2.52. The van der Waals surface area contributed by atoms with Gasteiger partial charge in [-0.2, -0.15) is 13.2 Å². The molecule has 0 bridgehead atoms. The second kappa shape index (κ2) is 3.78. The summed E-state index contributed by atoms with van der Waals surface area (Å²) >= 11 is 5.65. The number of methoxy groups -OCH3 is 1. The van der Waals surface area contributed by atoms with E-state index in [4.69, 9.17) is 16.3 Å². The fourth-order valence-corrected chi connectivity index (χ4v) is 1.98. The van der Waals surface area contributed by atoms with Gasteiger partial charge in [0.2, 0.25) is 0 Å². The van der Waals surface area contributed by atoms with Crippen molar-refractivity contribution in [2.75, 3.05) is 7.11 Å². The molecule has 0 unspecified atom stereocenters. The summed E-state index contributed by atoms with van der Waals surface area (Å²) in [6, 6.07) is 2.12. The van der Waals surface area contributed by atoms with Gasteiger partial charge in [0.15, 0.2) is 0 Å². The molecular formula is C11H10ClF3O2. The van der Waals surface area contributed by atoms with Crippen molar-refractivity contribution in [3.63, 3.8) is 0 Å². The predicted molar refractivity (Wildman–Crippen MR) is 56.1 cm³/mol. The fraction of sp³-hybridized carbons (Fsp3) is 0.455. The molecule has 6 heteroatoms. The van der Waals surface area contributed by atoms with E-state index in [2.05, 4.69) is 0 Å². The quantitative estimate of drug-likeness (QED) is 0.889. The minimum Gasteiger partial charge on any atom is -0.496 e. The second-order valence-corrected chi connectivity index (χ2v) is 4.50. The molecule has 17 heavy (non-hydrogen) atoms. The summed E-state index contributed by atoms with van der Waals surface area (Å²) in [6.07, 6.45) is -3.72. The lowest BCUT2D eigenvalue weighted by Crippen LogP contribution is -2.13. The van der Waals surface area contributed by atoms with Gasteiger partial charge in [-0.15, -0.1) is 0 Å². The van der Waals surface area contributed by atoms with Crippen LogP contribution >= 0.6 is 11.6 Å². The molecule has 94 valence electrons. The van der Waals surface area contributed by atoms with Crippen LogP contribution in [-0.4, -0.2) is 12.2 Å². The van der Waals surface area contributed by atoms with Gasteiger partial charge < -0.3 is 9.84 Å². The molecule has 1 saturated carbocycles. The molecular weight excluding hydrogens is 257 g/mol. The molecule has 2 nitrogen and oxygen atoms in total. The highest BCUT2D eigenvalue weighted by Gasteiger charge is 2.47. The number of hydrogen-bond donors (Lipinski definition) is 1. The maximum Gasteiger partial charge on any atom is 0.420 e. The van der Waals surface area contributed by atoms with Crippen LogP contribution in [0, 0.1) is 0 Å². The molecule has 0 amide bonds. The van der Waals surface area contributed by atoms with Gasteiger partial charge in [0.05, 0.1) is 18.3 Å². The van der Waals surface area contributed by atoms with E-state index in [0.717, 1.165) is 13.2 Å². The molecule has 1 aromatic rings. The number of alkyl halides is 3. The minimum absolute atomic E-state index is 0.0616. The topological polar surface area (TPSA) is 29.5 Å². The first-order valence-corrected chi connectivity index (χ1v) is 5.33. The molecule has 0 atom stereocenters. The van der Waals surface area contributed by atoms with Crippen LogP contribution in [0.4, 0.5) is 13.2 Å². The average Bonchev–Trinajstić information content (AvgIpc) is 2.95. The number of rotatable bonds is 2. The van der Waals surface area contributed by atoms with E-state index in [1.807, 2.05) is 0 Å². The van der Waals surface area contributed by atoms with Gasteiger partial charge in [-0.3, -0.25) is 0 Å². The van der Waals surface area contributed by atoms with Gasteiger partial charge in [0.25, 0.3) is 0 Å². The molecule has 1 N–H and O–H groups in total. The lowest BCUT2D eigenvalue weighted by Gasteiger charge is -2.19. The van der Waals surface area contributed by atoms with E-state index in [1.165, 1.54) is 6.07 Å². The van der Waals surface area contributed by atoms with Crippen molar-refractivity contribution in [3.8, 4) is 5.75 Å². The van der Waals surface area contributed by atoms with Gasteiger partial charge in [0.1, 0.15) is 5.75 Å². The summed E-state index contributed by atoms with van der Waals surface area (Å²) in [5, 5.41) is 9.86. The SMILES string of the molecule is COc1c(C(F)(F)F)cc(Cl)cc1C1(O)CC1. The summed E-state index contributed by atoms with van der Waals surface area (Å²) in [7, 11) is 1.15. The largest absolute Gasteiger partial charge is 0.496 e. The van der Waals surface area contributed by atoms with Crippen LogP contribution < -0.4 is 4.74 Å². The monoisotopic (exact) mass is 266 g/mol. The van der Waals surface area contributed by atoms with Crippen molar-refractivity contribution in [2.45, 2.75) is 24.6 Å². The normalized spacial score (nSPS) is 18.0. The van der Waals surface area contributed by atoms with Crippen LogP contribution in [0.2, 0.25) is 5.02 Å². The first kappa shape index (κ1) is 12.5. The lowest BCUT2D eigenvalue weighted by molar-refractivity contribution is -0.138. The van der Waals surface area contributed by atoms with Crippen molar-refractivity contribution in [3.05, 3.63) is 28.3 Å². The Bertz CT molecular complexity index is 426. The van der Waals surface area contributed by atoms with E-state index in [0.29, 0.717) is 12.8 Å². The molecule has 1 aliphatic rings. The van der Waals surface area contributed by atoms with Gasteiger partial charge in [-0.1, -0.05) is 11.6 Å². The number of hydrogen-bond acceptors (Lipinski definition) is 2. The summed E-state index contributed by atoms with van der Waals surface area (Å²) < 4.78 is 43.1. The van der Waals surface area contributed by atoms with Crippen molar-refractivity contribution in [1.82, 2.24) is 0 Å². The van der Waals surface area contributed by atoms with Gasteiger partial charge in [-0.25, -0.2) is 0 Å². The third kappa shape index (κ3) is 2.21. The first-order chi connectivity index (χ1) is 7.78. The van der Waals surface area contributed by atoms with Crippen molar-refractivity contribution in [2.24, 2.45) is 0 Å². The third-order valence-electron chi connectivity index (χ3n) is 2.79. The molecule has 0 heterocycles. The Morgan fingerprint density at radius 1 is 1.35 bits per heavy atom. The predicted octanol–water partition coefficient (Wildman–Crippen LogP) is 3.35. The zero-order valence-electron chi connectivity index (χ0n) is 8.94. The van der Waals surface area contributed by atoms with E-state index in [9.17, 15) is 18.3 Å². The standard InChI is InChI=1S/C11H10ClF3O2/c1-17-9-7(10(16)2-3-10)4-6(12)5-8(9)11(13,14)15/h4-5,16H,2-3H2,1H3. The molecule has 0 aliphatic heterocycles. The number of benzene rings is 1. The third-order valence-corrected chi connectivity index (χ3v) is 3.01. The Labute approximate surface area is 101 Å². The van der Waals surface area contributed by atoms with E-state index >= 15 is 0 Å². The van der Waals surface area contributed by atoms with E-state index in [-0.39, 0.29) is 16.3 Å². The highest BCUT2D eigenvalue weighted by atomic mass is 35.5. The summed E-state index contributed by atoms with van der Waals surface area (Å²) in [5.74, 6) is -0.345. The number of halogens is 4. The molecule has 0 radical (unpaired) electrons. The Morgan fingerprint density at radius 2 is 1.94 bits per heavy atom. The molecule has 0 spiro atoms. The molecule has 0 aromatic heterocycles. The van der Waals surface area contributed by atoms with Crippen molar-refractivity contribution < 1.29 is 23.0 Å².